The molecule has 2 rings (SSSR count). The van der Waals surface area contributed by atoms with Crippen molar-refractivity contribution in [1.82, 2.24) is 0 Å². The summed E-state index contributed by atoms with van der Waals surface area (Å²) in [4.78, 5) is 14.1. The highest BCUT2D eigenvalue weighted by Crippen LogP contribution is 2.25. The smallest absolute Gasteiger partial charge is 0.307 e. The molecule has 2 amide bonds. The Morgan fingerprint density at radius 3 is 2.52 bits per heavy atom. The predicted molar refractivity (Wildman–Crippen MR) is 89.7 cm³/mol. The molecule has 0 bridgehead atoms. The number of hydrogen-bond donors (Lipinski definition) is 1. The summed E-state index contributed by atoms with van der Waals surface area (Å²) in [5.74, 6) is 0. The lowest BCUT2D eigenvalue weighted by Crippen LogP contribution is -2.34. The van der Waals surface area contributed by atoms with Gasteiger partial charge in [-0.05, 0) is 49.7 Å². The van der Waals surface area contributed by atoms with Crippen LogP contribution in [0.15, 0.2) is 42.5 Å². The normalized spacial score (nSPS) is 10.3. The van der Waals surface area contributed by atoms with Gasteiger partial charge >= 0.3 is 6.03 Å². The molecule has 0 saturated carbocycles. The molecule has 21 heavy (non-hydrogen) atoms. The van der Waals surface area contributed by atoms with Gasteiger partial charge in [0.15, 0.2) is 0 Å². The molecule has 0 atom stereocenters. The average molecular weight is 323 g/mol. The van der Waals surface area contributed by atoms with Crippen molar-refractivity contribution in [1.29, 1.82) is 0 Å². The van der Waals surface area contributed by atoms with Crippen LogP contribution in [0.5, 0.6) is 0 Å². The fourth-order valence-electron chi connectivity index (χ4n) is 2.00. The lowest BCUT2D eigenvalue weighted by Gasteiger charge is -2.22. The quantitative estimate of drug-likeness (QED) is 0.810. The molecule has 0 heterocycles. The van der Waals surface area contributed by atoms with E-state index < -0.39 is 0 Å². The maximum atomic E-state index is 12.4. The first-order chi connectivity index (χ1) is 10.0. The molecule has 0 aliphatic heterocycles. The van der Waals surface area contributed by atoms with E-state index in [0.29, 0.717) is 22.3 Å². The summed E-state index contributed by atoms with van der Waals surface area (Å²) in [5, 5.41) is 3.69. The van der Waals surface area contributed by atoms with E-state index in [4.69, 9.17) is 23.2 Å². The Balaban J connectivity index is 2.18. The van der Waals surface area contributed by atoms with Gasteiger partial charge in [0.2, 0.25) is 0 Å². The second-order valence-electron chi connectivity index (χ2n) is 4.64. The van der Waals surface area contributed by atoms with Gasteiger partial charge in [0.25, 0.3) is 0 Å². The Bertz CT molecular complexity index is 658. The zero-order chi connectivity index (χ0) is 15.4. The van der Waals surface area contributed by atoms with Crippen molar-refractivity contribution in [3.8, 4) is 0 Å². The number of carbonyl (C=O) groups is 1. The Hall–Kier alpha value is -1.71. The van der Waals surface area contributed by atoms with Crippen molar-refractivity contribution in [2.75, 3.05) is 16.8 Å². The van der Waals surface area contributed by atoms with E-state index in [2.05, 4.69) is 5.32 Å². The van der Waals surface area contributed by atoms with E-state index in [9.17, 15) is 4.79 Å². The number of aryl methyl sites for hydroxylation is 1. The molecule has 3 nitrogen and oxygen atoms in total. The lowest BCUT2D eigenvalue weighted by molar-refractivity contribution is 0.257. The van der Waals surface area contributed by atoms with E-state index in [1.165, 1.54) is 0 Å². The Morgan fingerprint density at radius 2 is 1.90 bits per heavy atom. The number of benzene rings is 2. The molecule has 0 saturated heterocycles. The number of carbonyl (C=O) groups excluding carboxylic acids is 1. The monoisotopic (exact) mass is 322 g/mol. The minimum atomic E-state index is -0.207. The van der Waals surface area contributed by atoms with Gasteiger partial charge in [0, 0.05) is 17.9 Å². The van der Waals surface area contributed by atoms with Gasteiger partial charge in [-0.15, -0.1) is 0 Å². The lowest BCUT2D eigenvalue weighted by atomic mass is 10.2. The molecule has 0 aliphatic carbocycles. The van der Waals surface area contributed by atoms with Crippen LogP contribution >= 0.6 is 23.2 Å². The topological polar surface area (TPSA) is 32.3 Å². The highest BCUT2D eigenvalue weighted by Gasteiger charge is 2.14. The zero-order valence-electron chi connectivity index (χ0n) is 11.9. The third kappa shape index (κ3) is 3.90. The van der Waals surface area contributed by atoms with Gasteiger partial charge in [0.1, 0.15) is 0 Å². The van der Waals surface area contributed by atoms with Crippen LogP contribution in [0.2, 0.25) is 10.0 Å². The number of nitrogens with zero attached hydrogens (tertiary/aromatic N) is 1. The Labute approximate surface area is 134 Å². The second kappa shape index (κ2) is 6.83. The highest BCUT2D eigenvalue weighted by atomic mass is 35.5. The van der Waals surface area contributed by atoms with Crippen LogP contribution in [-0.4, -0.2) is 12.6 Å². The van der Waals surface area contributed by atoms with Crippen molar-refractivity contribution in [3.05, 3.63) is 58.1 Å². The van der Waals surface area contributed by atoms with Gasteiger partial charge in [0.05, 0.1) is 10.0 Å². The Kier molecular flexibility index (Phi) is 5.10. The van der Waals surface area contributed by atoms with Crippen molar-refractivity contribution in [2.45, 2.75) is 13.8 Å². The summed E-state index contributed by atoms with van der Waals surface area (Å²) in [6.45, 7) is 4.49. The molecule has 110 valence electrons. The number of halogens is 2. The van der Waals surface area contributed by atoms with E-state index in [1.54, 1.807) is 23.1 Å². The van der Waals surface area contributed by atoms with Crippen molar-refractivity contribution in [3.63, 3.8) is 0 Å². The Morgan fingerprint density at radius 1 is 1.14 bits per heavy atom. The largest absolute Gasteiger partial charge is 0.326 e. The maximum Gasteiger partial charge on any atom is 0.326 e. The van der Waals surface area contributed by atoms with E-state index in [0.717, 1.165) is 11.3 Å². The van der Waals surface area contributed by atoms with Crippen LogP contribution in [0.3, 0.4) is 0 Å². The molecular formula is C16H16Cl2N2O. The van der Waals surface area contributed by atoms with Crippen LogP contribution in [0, 0.1) is 6.92 Å². The number of hydrogen-bond acceptors (Lipinski definition) is 1. The summed E-state index contributed by atoms with van der Waals surface area (Å²) >= 11 is 11.8. The van der Waals surface area contributed by atoms with Crippen LogP contribution < -0.4 is 10.2 Å². The molecule has 0 aliphatic rings. The third-order valence-electron chi connectivity index (χ3n) is 3.05. The second-order valence-corrected chi connectivity index (χ2v) is 5.46. The first kappa shape index (κ1) is 15.7. The van der Waals surface area contributed by atoms with Gasteiger partial charge in [-0.2, -0.15) is 0 Å². The highest BCUT2D eigenvalue weighted by molar-refractivity contribution is 6.42. The molecule has 0 unspecified atom stereocenters. The van der Waals surface area contributed by atoms with Crippen molar-refractivity contribution >= 4 is 40.6 Å². The molecular weight excluding hydrogens is 307 g/mol. The predicted octanol–water partition coefficient (Wildman–Crippen LogP) is 5.36. The van der Waals surface area contributed by atoms with E-state index >= 15 is 0 Å². The zero-order valence-corrected chi connectivity index (χ0v) is 13.4. The van der Waals surface area contributed by atoms with Crippen LogP contribution in [0.25, 0.3) is 0 Å². The van der Waals surface area contributed by atoms with E-state index in [1.807, 2.05) is 38.1 Å². The number of amides is 2. The SMILES string of the molecule is CCN(C(=O)Nc1ccc(Cl)c(Cl)c1)c1cccc(C)c1. The molecule has 2 aromatic rings. The summed E-state index contributed by atoms with van der Waals surface area (Å²) in [6.07, 6.45) is 0. The molecule has 2 aromatic carbocycles. The number of urea groups is 1. The molecule has 5 heteroatoms. The molecule has 0 fully saturated rings. The average Bonchev–Trinajstić information content (AvgIpc) is 2.44. The van der Waals surface area contributed by atoms with Gasteiger partial charge in [-0.25, -0.2) is 4.79 Å². The van der Waals surface area contributed by atoms with Crippen LogP contribution in [-0.2, 0) is 0 Å². The fourth-order valence-corrected chi connectivity index (χ4v) is 2.30. The number of nitrogens with one attached hydrogen (secondary N) is 1. The molecule has 0 spiro atoms. The summed E-state index contributed by atoms with van der Waals surface area (Å²) in [7, 11) is 0. The van der Waals surface area contributed by atoms with Crippen LogP contribution in [0.1, 0.15) is 12.5 Å². The summed E-state index contributed by atoms with van der Waals surface area (Å²) < 4.78 is 0. The number of anilines is 2. The molecule has 0 radical (unpaired) electrons. The first-order valence-corrected chi connectivity index (χ1v) is 7.37. The van der Waals surface area contributed by atoms with Crippen molar-refractivity contribution in [2.24, 2.45) is 0 Å². The van der Waals surface area contributed by atoms with Gasteiger partial charge < -0.3 is 5.32 Å². The maximum absolute atomic E-state index is 12.4. The van der Waals surface area contributed by atoms with Gasteiger partial charge in [-0.1, -0.05) is 35.3 Å². The first-order valence-electron chi connectivity index (χ1n) is 6.61. The third-order valence-corrected chi connectivity index (χ3v) is 3.78. The summed E-state index contributed by atoms with van der Waals surface area (Å²) in [6, 6.07) is 12.6. The molecule has 0 aromatic heterocycles. The fraction of sp³-hybridized carbons (Fsp3) is 0.188. The van der Waals surface area contributed by atoms with E-state index in [-0.39, 0.29) is 6.03 Å². The standard InChI is InChI=1S/C16H16Cl2N2O/c1-3-20(13-6-4-5-11(2)9-13)16(21)19-12-7-8-14(17)15(18)10-12/h4-10H,3H2,1-2H3,(H,19,21). The molecule has 1 N–H and O–H groups in total. The minimum absolute atomic E-state index is 0.207. The van der Waals surface area contributed by atoms with Crippen molar-refractivity contribution < 1.29 is 4.79 Å². The number of rotatable bonds is 3. The minimum Gasteiger partial charge on any atom is -0.307 e. The summed E-state index contributed by atoms with van der Waals surface area (Å²) in [5.41, 5.74) is 2.57. The van der Waals surface area contributed by atoms with Crippen LogP contribution in [0.4, 0.5) is 16.2 Å². The van der Waals surface area contributed by atoms with Gasteiger partial charge in [-0.3, -0.25) is 4.90 Å².